The first-order chi connectivity index (χ1) is 6.90. The van der Waals surface area contributed by atoms with Gasteiger partial charge in [0.2, 0.25) is 0 Å². The zero-order valence-electron chi connectivity index (χ0n) is 8.07. The van der Waals surface area contributed by atoms with E-state index in [-0.39, 0.29) is 6.04 Å². The largest absolute Gasteiger partial charge is 0.468 e. The van der Waals surface area contributed by atoms with Gasteiger partial charge < -0.3 is 9.73 Å². The molecule has 1 atom stereocenters. The van der Waals surface area contributed by atoms with Gasteiger partial charge in [-0.25, -0.2) is 0 Å². The molecule has 0 amide bonds. The molecule has 0 saturated carbocycles. The minimum absolute atomic E-state index is 0.277. The number of hydrogen-bond acceptors (Lipinski definition) is 3. The predicted molar refractivity (Wildman–Crippen MR) is 58.5 cm³/mol. The van der Waals surface area contributed by atoms with Gasteiger partial charge in [-0.05, 0) is 48.0 Å². The average molecular weight is 207 g/mol. The van der Waals surface area contributed by atoms with Crippen molar-refractivity contribution in [3.05, 3.63) is 46.5 Å². The summed E-state index contributed by atoms with van der Waals surface area (Å²) in [6.07, 6.45) is 2.70. The number of thiophene rings is 1. The Morgan fingerprint density at radius 2 is 2.43 bits per heavy atom. The Morgan fingerprint density at radius 3 is 3.00 bits per heavy atom. The highest BCUT2D eigenvalue weighted by Crippen LogP contribution is 2.19. The van der Waals surface area contributed by atoms with Crippen LogP contribution in [0.2, 0.25) is 0 Å². The van der Waals surface area contributed by atoms with Gasteiger partial charge in [-0.15, -0.1) is 0 Å². The first-order valence-corrected chi connectivity index (χ1v) is 5.56. The van der Waals surface area contributed by atoms with Crippen molar-refractivity contribution in [1.29, 1.82) is 0 Å². The molecule has 0 saturated heterocycles. The Balaban J connectivity index is 2.08. The molecule has 0 aliphatic carbocycles. The molecule has 3 heteroatoms. The molecule has 0 aliphatic heterocycles. The van der Waals surface area contributed by atoms with Crippen LogP contribution in [-0.4, -0.2) is 7.05 Å². The molecule has 2 heterocycles. The third-order valence-electron chi connectivity index (χ3n) is 2.26. The van der Waals surface area contributed by atoms with Crippen LogP contribution in [0.5, 0.6) is 0 Å². The average Bonchev–Trinajstić information content (AvgIpc) is 2.86. The summed E-state index contributed by atoms with van der Waals surface area (Å²) in [5.74, 6) is 0.999. The fourth-order valence-electron chi connectivity index (χ4n) is 1.48. The van der Waals surface area contributed by atoms with E-state index >= 15 is 0 Å². The summed E-state index contributed by atoms with van der Waals surface area (Å²) in [5.41, 5.74) is 1.35. The van der Waals surface area contributed by atoms with Crippen molar-refractivity contribution < 1.29 is 4.42 Å². The van der Waals surface area contributed by atoms with Crippen LogP contribution >= 0.6 is 11.3 Å². The van der Waals surface area contributed by atoms with E-state index < -0.39 is 0 Å². The van der Waals surface area contributed by atoms with Crippen molar-refractivity contribution >= 4 is 11.3 Å². The van der Waals surface area contributed by atoms with Gasteiger partial charge in [0, 0.05) is 0 Å². The Morgan fingerprint density at radius 1 is 1.50 bits per heavy atom. The zero-order valence-corrected chi connectivity index (χ0v) is 8.88. The SMILES string of the molecule is CNC(Cc1ccsc1)c1ccco1. The van der Waals surface area contributed by atoms with Crippen molar-refractivity contribution in [2.75, 3.05) is 7.05 Å². The van der Waals surface area contributed by atoms with Crippen LogP contribution in [0, 0.1) is 0 Å². The molecule has 0 bridgehead atoms. The van der Waals surface area contributed by atoms with Gasteiger partial charge in [0.1, 0.15) is 5.76 Å². The van der Waals surface area contributed by atoms with Crippen LogP contribution in [0.25, 0.3) is 0 Å². The molecule has 0 aromatic carbocycles. The molecule has 2 nitrogen and oxygen atoms in total. The van der Waals surface area contributed by atoms with Crippen LogP contribution in [0.1, 0.15) is 17.4 Å². The van der Waals surface area contributed by atoms with Gasteiger partial charge in [0.05, 0.1) is 12.3 Å². The van der Waals surface area contributed by atoms with E-state index in [9.17, 15) is 0 Å². The quantitative estimate of drug-likeness (QED) is 0.834. The molecule has 0 radical (unpaired) electrons. The van der Waals surface area contributed by atoms with E-state index in [2.05, 4.69) is 22.1 Å². The summed E-state index contributed by atoms with van der Waals surface area (Å²) in [4.78, 5) is 0. The molecular weight excluding hydrogens is 194 g/mol. The number of furan rings is 1. The summed E-state index contributed by atoms with van der Waals surface area (Å²) in [6, 6.07) is 6.36. The standard InChI is InChI=1S/C11H13NOS/c1-12-10(11-3-2-5-13-11)7-9-4-6-14-8-9/h2-6,8,10,12H,7H2,1H3. The minimum Gasteiger partial charge on any atom is -0.468 e. The Hall–Kier alpha value is -1.06. The monoisotopic (exact) mass is 207 g/mol. The second kappa shape index (κ2) is 4.44. The van der Waals surface area contributed by atoms with E-state index in [1.54, 1.807) is 17.6 Å². The van der Waals surface area contributed by atoms with Gasteiger partial charge in [0.15, 0.2) is 0 Å². The zero-order chi connectivity index (χ0) is 9.80. The maximum Gasteiger partial charge on any atom is 0.121 e. The molecule has 74 valence electrons. The van der Waals surface area contributed by atoms with Crippen molar-refractivity contribution in [2.45, 2.75) is 12.5 Å². The molecule has 2 rings (SSSR count). The number of hydrogen-bond donors (Lipinski definition) is 1. The summed E-state index contributed by atoms with van der Waals surface area (Å²) in [7, 11) is 1.96. The van der Waals surface area contributed by atoms with Crippen LogP contribution < -0.4 is 5.32 Å². The number of nitrogens with one attached hydrogen (secondary N) is 1. The molecule has 2 aromatic heterocycles. The first-order valence-electron chi connectivity index (χ1n) is 4.62. The maximum atomic E-state index is 5.38. The molecule has 14 heavy (non-hydrogen) atoms. The fraction of sp³-hybridized carbons (Fsp3) is 0.273. The molecule has 1 N–H and O–H groups in total. The first kappa shape index (κ1) is 9.49. The van der Waals surface area contributed by atoms with Crippen molar-refractivity contribution in [1.82, 2.24) is 5.32 Å². The predicted octanol–water partition coefficient (Wildman–Crippen LogP) is 2.84. The lowest BCUT2D eigenvalue weighted by Crippen LogP contribution is -2.17. The second-order valence-electron chi connectivity index (χ2n) is 3.19. The van der Waals surface area contributed by atoms with Crippen molar-refractivity contribution in [3.8, 4) is 0 Å². The molecule has 0 aliphatic rings. The van der Waals surface area contributed by atoms with Crippen LogP contribution in [0.3, 0.4) is 0 Å². The highest BCUT2D eigenvalue weighted by Gasteiger charge is 2.12. The second-order valence-corrected chi connectivity index (χ2v) is 3.97. The van der Waals surface area contributed by atoms with Gasteiger partial charge in [-0.2, -0.15) is 11.3 Å². The third kappa shape index (κ3) is 2.05. The van der Waals surface area contributed by atoms with E-state index in [4.69, 9.17) is 4.42 Å². The number of rotatable bonds is 4. The van der Waals surface area contributed by atoms with Gasteiger partial charge in [-0.1, -0.05) is 0 Å². The molecule has 0 spiro atoms. The maximum absolute atomic E-state index is 5.38. The lowest BCUT2D eigenvalue weighted by molar-refractivity contribution is 0.429. The molecule has 0 fully saturated rings. The smallest absolute Gasteiger partial charge is 0.121 e. The van der Waals surface area contributed by atoms with Crippen LogP contribution in [-0.2, 0) is 6.42 Å². The normalized spacial score (nSPS) is 12.9. The van der Waals surface area contributed by atoms with E-state index in [0.717, 1.165) is 12.2 Å². The third-order valence-corrected chi connectivity index (χ3v) is 2.99. The van der Waals surface area contributed by atoms with Crippen LogP contribution in [0.15, 0.2) is 39.6 Å². The summed E-state index contributed by atoms with van der Waals surface area (Å²) in [6.45, 7) is 0. The summed E-state index contributed by atoms with van der Waals surface area (Å²) in [5, 5.41) is 7.53. The Kier molecular flexibility index (Phi) is 3.01. The molecule has 1 unspecified atom stereocenters. The summed E-state index contributed by atoms with van der Waals surface area (Å²) < 4.78 is 5.38. The summed E-state index contributed by atoms with van der Waals surface area (Å²) >= 11 is 1.73. The Labute approximate surface area is 87.6 Å². The topological polar surface area (TPSA) is 25.2 Å². The highest BCUT2D eigenvalue weighted by molar-refractivity contribution is 7.07. The molecule has 2 aromatic rings. The Bertz CT molecular complexity index is 353. The molecular formula is C11H13NOS. The van der Waals surface area contributed by atoms with Crippen molar-refractivity contribution in [3.63, 3.8) is 0 Å². The highest BCUT2D eigenvalue weighted by atomic mass is 32.1. The lowest BCUT2D eigenvalue weighted by atomic mass is 10.1. The lowest BCUT2D eigenvalue weighted by Gasteiger charge is -2.12. The van der Waals surface area contributed by atoms with E-state index in [1.807, 2.05) is 19.2 Å². The van der Waals surface area contributed by atoms with Crippen molar-refractivity contribution in [2.24, 2.45) is 0 Å². The van der Waals surface area contributed by atoms with Gasteiger partial charge in [-0.3, -0.25) is 0 Å². The van der Waals surface area contributed by atoms with Crippen LogP contribution in [0.4, 0.5) is 0 Å². The van der Waals surface area contributed by atoms with E-state index in [0.29, 0.717) is 0 Å². The van der Waals surface area contributed by atoms with Gasteiger partial charge >= 0.3 is 0 Å². The van der Waals surface area contributed by atoms with E-state index in [1.165, 1.54) is 5.56 Å². The fourth-order valence-corrected chi connectivity index (χ4v) is 2.16. The minimum atomic E-state index is 0.277. The van der Waals surface area contributed by atoms with Gasteiger partial charge in [0.25, 0.3) is 0 Å². The number of likely N-dealkylation sites (N-methyl/N-ethyl adjacent to an activating group) is 1.